The fraction of sp³-hybridized carbons (Fsp3) is 0.300. The first-order valence-electron chi connectivity index (χ1n) is 9.83. The molecule has 30 heavy (non-hydrogen) atoms. The molecule has 0 unspecified atom stereocenters. The number of hydrogen-bond donors (Lipinski definition) is 2. The second-order valence-electron chi connectivity index (χ2n) is 7.44. The van der Waals surface area contributed by atoms with Crippen LogP contribution < -0.4 is 16.0 Å². The molecule has 4 heterocycles. The van der Waals surface area contributed by atoms with Crippen LogP contribution in [-0.4, -0.2) is 48.2 Å². The molecule has 0 saturated carbocycles. The van der Waals surface area contributed by atoms with Gasteiger partial charge in [-0.3, -0.25) is 9.13 Å². The van der Waals surface area contributed by atoms with Crippen LogP contribution in [0.5, 0.6) is 0 Å². The minimum Gasteiger partial charge on any atom is -0.397 e. The molecule has 4 aromatic rings. The van der Waals surface area contributed by atoms with Crippen LogP contribution in [0.4, 0.5) is 17.2 Å². The molecule has 0 bridgehead atoms. The Morgan fingerprint density at radius 3 is 2.67 bits per heavy atom. The molecule has 1 aliphatic heterocycles. The minimum absolute atomic E-state index is 0.380. The van der Waals surface area contributed by atoms with Crippen LogP contribution in [-0.2, 0) is 7.05 Å². The van der Waals surface area contributed by atoms with Crippen molar-refractivity contribution in [3.05, 3.63) is 47.7 Å². The number of aryl methyl sites for hydroxylation is 1. The normalized spacial score (nSPS) is 15.1. The van der Waals surface area contributed by atoms with Crippen LogP contribution in [0.2, 0.25) is 0 Å². The average molecular weight is 468 g/mol. The Labute approximate surface area is 182 Å². The molecule has 10 heteroatoms. The van der Waals surface area contributed by atoms with Crippen molar-refractivity contribution in [1.82, 2.24) is 29.1 Å². The maximum Gasteiger partial charge on any atom is 0.217 e. The number of rotatable bonds is 4. The minimum atomic E-state index is 0.380. The van der Waals surface area contributed by atoms with Gasteiger partial charge in [-0.05, 0) is 40.9 Å². The van der Waals surface area contributed by atoms with E-state index in [0.717, 1.165) is 64.8 Å². The highest BCUT2D eigenvalue weighted by atomic mass is 79.9. The molecule has 3 N–H and O–H groups in total. The van der Waals surface area contributed by atoms with Gasteiger partial charge in [-0.2, -0.15) is 0 Å². The number of nitrogens with two attached hydrogens (primary N) is 1. The summed E-state index contributed by atoms with van der Waals surface area (Å²) < 4.78 is 4.59. The van der Waals surface area contributed by atoms with E-state index in [-0.39, 0.29) is 0 Å². The Morgan fingerprint density at radius 1 is 1.13 bits per heavy atom. The average Bonchev–Trinajstić information content (AvgIpc) is 3.33. The summed E-state index contributed by atoms with van der Waals surface area (Å²) in [6.07, 6.45) is 7.20. The fourth-order valence-corrected chi connectivity index (χ4v) is 4.24. The van der Waals surface area contributed by atoms with Gasteiger partial charge in [0, 0.05) is 32.4 Å². The summed E-state index contributed by atoms with van der Waals surface area (Å²) in [5, 5.41) is 3.58. The second kappa shape index (κ2) is 7.60. The zero-order valence-electron chi connectivity index (χ0n) is 16.5. The molecule has 1 aliphatic rings. The number of hydrogen-bond acceptors (Lipinski definition) is 7. The van der Waals surface area contributed by atoms with Crippen molar-refractivity contribution in [2.75, 3.05) is 29.0 Å². The first kappa shape index (κ1) is 18.9. The first-order valence-corrected chi connectivity index (χ1v) is 10.6. The van der Waals surface area contributed by atoms with E-state index in [0.29, 0.717) is 6.04 Å². The lowest BCUT2D eigenvalue weighted by atomic mass is 10.0. The topological polar surface area (TPSA) is 103 Å². The van der Waals surface area contributed by atoms with Gasteiger partial charge in [0.05, 0.1) is 11.4 Å². The molecule has 1 aromatic carbocycles. The van der Waals surface area contributed by atoms with Crippen molar-refractivity contribution in [3.63, 3.8) is 0 Å². The summed E-state index contributed by atoms with van der Waals surface area (Å²) in [5.41, 5.74) is 9.46. The van der Waals surface area contributed by atoms with Crippen molar-refractivity contribution < 1.29 is 0 Å². The van der Waals surface area contributed by atoms with Crippen molar-refractivity contribution in [2.24, 2.45) is 7.05 Å². The molecule has 0 aliphatic carbocycles. The Hall–Kier alpha value is -3.14. The van der Waals surface area contributed by atoms with E-state index in [2.05, 4.69) is 41.1 Å². The number of piperidine rings is 1. The molecule has 1 saturated heterocycles. The molecule has 3 aromatic heterocycles. The number of nitrogens with one attached hydrogen (secondary N) is 1. The summed E-state index contributed by atoms with van der Waals surface area (Å²) in [4.78, 5) is 20.4. The lowest BCUT2D eigenvalue weighted by Gasteiger charge is -2.33. The molecule has 1 fully saturated rings. The molecule has 0 spiro atoms. The number of imidazole rings is 2. The van der Waals surface area contributed by atoms with E-state index in [1.807, 2.05) is 46.6 Å². The molecular weight excluding hydrogens is 446 g/mol. The van der Waals surface area contributed by atoms with E-state index >= 15 is 0 Å². The number of anilines is 3. The van der Waals surface area contributed by atoms with Gasteiger partial charge in [-0.1, -0.05) is 12.1 Å². The second-order valence-corrected chi connectivity index (χ2v) is 8.25. The molecule has 0 amide bonds. The summed E-state index contributed by atoms with van der Waals surface area (Å²) in [6.45, 7) is 1.78. The van der Waals surface area contributed by atoms with Crippen molar-refractivity contribution >= 4 is 44.3 Å². The fourth-order valence-electron chi connectivity index (χ4n) is 3.93. The van der Waals surface area contributed by atoms with Gasteiger partial charge >= 0.3 is 0 Å². The zero-order chi connectivity index (χ0) is 20.7. The lowest BCUT2D eigenvalue weighted by Crippen LogP contribution is -2.39. The predicted octanol–water partition coefficient (Wildman–Crippen LogP) is 2.97. The maximum absolute atomic E-state index is 6.07. The van der Waals surface area contributed by atoms with E-state index in [1.165, 1.54) is 0 Å². The van der Waals surface area contributed by atoms with E-state index in [9.17, 15) is 0 Å². The standard InChI is InChI=1S/C20H22BrN9/c1-28-18-17(27-20(28)30-10-16(21)25-12-30)19(24-11-23-18)29-8-6-13(7-9-29)26-15-5-3-2-4-14(15)22/h2-5,10-13,26H,6-9,22H2,1H3. The van der Waals surface area contributed by atoms with Crippen LogP contribution in [0.1, 0.15) is 12.8 Å². The van der Waals surface area contributed by atoms with Gasteiger partial charge in [0.25, 0.3) is 0 Å². The number of halogens is 1. The van der Waals surface area contributed by atoms with Crippen molar-refractivity contribution in [3.8, 4) is 5.95 Å². The highest BCUT2D eigenvalue weighted by Gasteiger charge is 2.24. The Kier molecular flexibility index (Phi) is 4.78. The van der Waals surface area contributed by atoms with Gasteiger partial charge < -0.3 is 16.0 Å². The third-order valence-electron chi connectivity index (χ3n) is 5.51. The Morgan fingerprint density at radius 2 is 1.93 bits per heavy atom. The smallest absolute Gasteiger partial charge is 0.217 e. The summed E-state index contributed by atoms with van der Waals surface area (Å²) in [5.74, 6) is 1.62. The largest absolute Gasteiger partial charge is 0.397 e. The van der Waals surface area contributed by atoms with Crippen LogP contribution in [0.3, 0.4) is 0 Å². The number of fused-ring (bicyclic) bond motifs is 1. The van der Waals surface area contributed by atoms with Crippen LogP contribution in [0.15, 0.2) is 47.7 Å². The van der Waals surface area contributed by atoms with E-state index in [1.54, 1.807) is 12.7 Å². The molecule has 9 nitrogen and oxygen atoms in total. The zero-order valence-corrected chi connectivity index (χ0v) is 18.1. The highest BCUT2D eigenvalue weighted by molar-refractivity contribution is 9.10. The van der Waals surface area contributed by atoms with Crippen molar-refractivity contribution in [2.45, 2.75) is 18.9 Å². The number of aromatic nitrogens is 6. The Balaban J connectivity index is 1.37. The summed E-state index contributed by atoms with van der Waals surface area (Å²) >= 11 is 3.39. The molecule has 0 atom stereocenters. The van der Waals surface area contributed by atoms with Gasteiger partial charge in [-0.25, -0.2) is 19.9 Å². The Bertz CT molecular complexity index is 1190. The quantitative estimate of drug-likeness (QED) is 0.444. The van der Waals surface area contributed by atoms with Crippen LogP contribution in [0.25, 0.3) is 17.1 Å². The molecule has 0 radical (unpaired) electrons. The lowest BCUT2D eigenvalue weighted by molar-refractivity contribution is 0.524. The van der Waals surface area contributed by atoms with Crippen molar-refractivity contribution in [1.29, 1.82) is 0 Å². The number of benzene rings is 1. The SMILES string of the molecule is Cn1c(-n2cnc(Br)c2)nc2c(N3CCC(Nc4ccccc4N)CC3)ncnc21. The van der Waals surface area contributed by atoms with E-state index in [4.69, 9.17) is 10.7 Å². The molecule has 154 valence electrons. The highest BCUT2D eigenvalue weighted by Crippen LogP contribution is 2.28. The van der Waals surface area contributed by atoms with Gasteiger partial charge in [-0.15, -0.1) is 0 Å². The summed E-state index contributed by atoms with van der Waals surface area (Å²) in [7, 11) is 1.95. The third-order valence-corrected chi connectivity index (χ3v) is 5.92. The molecule has 5 rings (SSSR count). The molecular formula is C20H22BrN9. The monoisotopic (exact) mass is 467 g/mol. The number of nitrogens with zero attached hydrogens (tertiary/aromatic N) is 7. The number of para-hydroxylation sites is 2. The van der Waals surface area contributed by atoms with E-state index < -0.39 is 0 Å². The maximum atomic E-state index is 6.07. The van der Waals surface area contributed by atoms with Crippen LogP contribution in [0, 0.1) is 0 Å². The van der Waals surface area contributed by atoms with Gasteiger partial charge in [0.15, 0.2) is 17.0 Å². The van der Waals surface area contributed by atoms with Crippen LogP contribution >= 0.6 is 15.9 Å². The van der Waals surface area contributed by atoms with Gasteiger partial charge in [0.2, 0.25) is 5.95 Å². The summed E-state index contributed by atoms with van der Waals surface area (Å²) in [6, 6.07) is 8.29. The van der Waals surface area contributed by atoms with Gasteiger partial charge in [0.1, 0.15) is 17.3 Å². The third kappa shape index (κ3) is 3.36. The first-order chi connectivity index (χ1) is 14.6. The number of nitrogen functional groups attached to an aromatic ring is 1. The predicted molar refractivity (Wildman–Crippen MR) is 121 cm³/mol.